The zero-order chi connectivity index (χ0) is 18.6. The fraction of sp³-hybridized carbons (Fsp3) is 0.250. The molecule has 1 aromatic heterocycles. The second-order valence-electron chi connectivity index (χ2n) is 5.21. The van der Waals surface area contributed by atoms with Crippen LogP contribution in [0.15, 0.2) is 41.3 Å². The SMILES string of the molecule is Cc1ccc(C(=O)COC(=O)[C@H](C)NS(=O)(=O)c2ccccc2F)s1. The van der Waals surface area contributed by atoms with Gasteiger partial charge in [0.25, 0.3) is 0 Å². The van der Waals surface area contributed by atoms with E-state index in [9.17, 15) is 22.4 Å². The van der Waals surface area contributed by atoms with Crippen LogP contribution < -0.4 is 4.72 Å². The molecule has 2 rings (SSSR count). The molecule has 0 saturated heterocycles. The predicted octanol–water partition coefficient (Wildman–Crippen LogP) is 2.29. The number of benzene rings is 1. The Morgan fingerprint density at radius 2 is 1.92 bits per heavy atom. The van der Waals surface area contributed by atoms with Crippen LogP contribution >= 0.6 is 11.3 Å². The minimum atomic E-state index is -4.23. The first-order valence-electron chi connectivity index (χ1n) is 7.24. The molecule has 1 aromatic carbocycles. The van der Waals surface area contributed by atoms with Crippen LogP contribution in [0.5, 0.6) is 0 Å². The Bertz CT molecular complexity index is 891. The lowest BCUT2D eigenvalue weighted by Gasteiger charge is -2.13. The smallest absolute Gasteiger partial charge is 0.324 e. The van der Waals surface area contributed by atoms with Gasteiger partial charge in [-0.3, -0.25) is 9.59 Å². The molecule has 9 heteroatoms. The number of ketones is 1. The highest BCUT2D eigenvalue weighted by Crippen LogP contribution is 2.16. The number of hydrogen-bond donors (Lipinski definition) is 1. The van der Waals surface area contributed by atoms with Crippen molar-refractivity contribution in [2.75, 3.05) is 6.61 Å². The Morgan fingerprint density at radius 1 is 1.24 bits per heavy atom. The van der Waals surface area contributed by atoms with E-state index >= 15 is 0 Å². The number of halogens is 1. The van der Waals surface area contributed by atoms with Gasteiger partial charge < -0.3 is 4.74 Å². The van der Waals surface area contributed by atoms with E-state index in [1.807, 2.05) is 11.6 Å². The highest BCUT2D eigenvalue weighted by atomic mass is 32.2. The molecule has 0 aliphatic carbocycles. The predicted molar refractivity (Wildman–Crippen MR) is 90.5 cm³/mol. The maximum absolute atomic E-state index is 13.6. The van der Waals surface area contributed by atoms with E-state index < -0.39 is 39.4 Å². The van der Waals surface area contributed by atoms with Crippen molar-refractivity contribution >= 4 is 33.1 Å². The molecule has 0 aliphatic heterocycles. The summed E-state index contributed by atoms with van der Waals surface area (Å²) in [6, 6.07) is 6.91. The number of carbonyl (C=O) groups excluding carboxylic acids is 2. The second-order valence-corrected chi connectivity index (χ2v) is 8.18. The normalized spacial score (nSPS) is 12.6. The molecule has 1 atom stereocenters. The summed E-state index contributed by atoms with van der Waals surface area (Å²) in [6.45, 7) is 2.60. The first-order chi connectivity index (χ1) is 11.7. The fourth-order valence-electron chi connectivity index (χ4n) is 1.92. The third kappa shape index (κ3) is 4.94. The van der Waals surface area contributed by atoms with Gasteiger partial charge in [-0.15, -0.1) is 11.3 Å². The standard InChI is InChI=1S/C16H16FNO5S2/c1-10-7-8-14(24-10)13(19)9-23-16(20)11(2)18-25(21,22)15-6-4-3-5-12(15)17/h3-8,11,18H,9H2,1-2H3/t11-/m0/s1. The lowest BCUT2D eigenvalue weighted by Crippen LogP contribution is -2.40. The number of nitrogens with one attached hydrogen (secondary N) is 1. The lowest BCUT2D eigenvalue weighted by atomic mass is 10.3. The Labute approximate surface area is 148 Å². The minimum Gasteiger partial charge on any atom is -0.456 e. The number of aryl methyl sites for hydroxylation is 1. The summed E-state index contributed by atoms with van der Waals surface area (Å²) in [4.78, 5) is 24.6. The maximum Gasteiger partial charge on any atom is 0.324 e. The van der Waals surface area contributed by atoms with Gasteiger partial charge in [0, 0.05) is 4.88 Å². The van der Waals surface area contributed by atoms with Crippen LogP contribution in [0.3, 0.4) is 0 Å². The first-order valence-corrected chi connectivity index (χ1v) is 9.54. The average molecular weight is 385 g/mol. The largest absolute Gasteiger partial charge is 0.456 e. The molecular formula is C16H16FNO5S2. The number of esters is 1. The topological polar surface area (TPSA) is 89.5 Å². The molecule has 25 heavy (non-hydrogen) atoms. The van der Waals surface area contributed by atoms with Crippen molar-refractivity contribution in [1.82, 2.24) is 4.72 Å². The molecule has 0 aliphatic rings. The van der Waals surface area contributed by atoms with Crippen LogP contribution in [0, 0.1) is 12.7 Å². The highest BCUT2D eigenvalue weighted by molar-refractivity contribution is 7.89. The van der Waals surface area contributed by atoms with E-state index in [0.29, 0.717) is 4.88 Å². The van der Waals surface area contributed by atoms with Gasteiger partial charge in [0.2, 0.25) is 15.8 Å². The number of sulfonamides is 1. The minimum absolute atomic E-state index is 0.379. The van der Waals surface area contributed by atoms with Crippen molar-refractivity contribution in [2.24, 2.45) is 0 Å². The molecule has 0 unspecified atom stereocenters. The summed E-state index contributed by atoms with van der Waals surface area (Å²) in [6.07, 6.45) is 0. The Balaban J connectivity index is 1.96. The van der Waals surface area contributed by atoms with Crippen LogP contribution in [0.1, 0.15) is 21.5 Å². The summed E-state index contributed by atoms with van der Waals surface area (Å²) >= 11 is 1.27. The molecule has 2 aromatic rings. The van der Waals surface area contributed by atoms with Crippen molar-refractivity contribution in [3.8, 4) is 0 Å². The molecule has 1 heterocycles. The van der Waals surface area contributed by atoms with Gasteiger partial charge in [-0.1, -0.05) is 12.1 Å². The van der Waals surface area contributed by atoms with E-state index in [4.69, 9.17) is 4.74 Å². The molecule has 6 nitrogen and oxygen atoms in total. The van der Waals surface area contributed by atoms with Crippen LogP contribution in [0.2, 0.25) is 0 Å². The van der Waals surface area contributed by atoms with Gasteiger partial charge in [-0.2, -0.15) is 4.72 Å². The van der Waals surface area contributed by atoms with Crippen LogP contribution in [0.4, 0.5) is 4.39 Å². The van der Waals surface area contributed by atoms with E-state index in [2.05, 4.69) is 0 Å². The molecule has 1 N–H and O–H groups in total. The van der Waals surface area contributed by atoms with E-state index in [-0.39, 0.29) is 5.78 Å². The van der Waals surface area contributed by atoms with Crippen LogP contribution in [0.25, 0.3) is 0 Å². The summed E-state index contributed by atoms with van der Waals surface area (Å²) < 4.78 is 44.7. The van der Waals surface area contributed by atoms with E-state index in [1.165, 1.54) is 30.4 Å². The fourth-order valence-corrected chi connectivity index (χ4v) is 3.99. The average Bonchev–Trinajstić information content (AvgIpc) is 2.98. The van der Waals surface area contributed by atoms with Gasteiger partial charge in [0.05, 0.1) is 4.88 Å². The second kappa shape index (κ2) is 7.85. The molecular weight excluding hydrogens is 369 g/mol. The number of carbonyl (C=O) groups is 2. The van der Waals surface area contributed by atoms with Crippen LogP contribution in [-0.2, 0) is 19.6 Å². The first kappa shape index (κ1) is 19.2. The maximum atomic E-state index is 13.6. The lowest BCUT2D eigenvalue weighted by molar-refractivity contribution is -0.144. The Morgan fingerprint density at radius 3 is 2.52 bits per heavy atom. The van der Waals surface area contributed by atoms with Gasteiger partial charge in [-0.25, -0.2) is 12.8 Å². The van der Waals surface area contributed by atoms with Crippen molar-refractivity contribution in [3.05, 3.63) is 52.0 Å². The van der Waals surface area contributed by atoms with Gasteiger partial charge in [-0.05, 0) is 38.1 Å². The van der Waals surface area contributed by atoms with Gasteiger partial charge in [0.1, 0.15) is 16.8 Å². The summed E-state index contributed by atoms with van der Waals surface area (Å²) in [5.74, 6) is -2.24. The zero-order valence-electron chi connectivity index (χ0n) is 13.5. The highest BCUT2D eigenvalue weighted by Gasteiger charge is 2.26. The third-order valence-electron chi connectivity index (χ3n) is 3.17. The van der Waals surface area contributed by atoms with Crippen molar-refractivity contribution in [2.45, 2.75) is 24.8 Å². The van der Waals surface area contributed by atoms with Crippen molar-refractivity contribution < 1.29 is 27.1 Å². The Kier molecular flexibility index (Phi) is 6.04. The number of hydrogen-bond acceptors (Lipinski definition) is 6. The van der Waals surface area contributed by atoms with Gasteiger partial charge in [0.15, 0.2) is 6.61 Å². The number of rotatable bonds is 7. The summed E-state index contributed by atoms with van der Waals surface area (Å²) in [7, 11) is -4.23. The zero-order valence-corrected chi connectivity index (χ0v) is 15.1. The third-order valence-corrected chi connectivity index (χ3v) is 5.79. The van der Waals surface area contributed by atoms with E-state index in [0.717, 1.165) is 17.0 Å². The molecule has 0 bridgehead atoms. The number of ether oxygens (including phenoxy) is 1. The summed E-state index contributed by atoms with van der Waals surface area (Å²) in [5, 5.41) is 0. The summed E-state index contributed by atoms with van der Waals surface area (Å²) in [5.41, 5.74) is 0. The van der Waals surface area contributed by atoms with Crippen molar-refractivity contribution in [1.29, 1.82) is 0 Å². The molecule has 134 valence electrons. The quantitative estimate of drug-likeness (QED) is 0.583. The molecule has 0 spiro atoms. The van der Waals surface area contributed by atoms with Crippen LogP contribution in [-0.4, -0.2) is 32.8 Å². The van der Waals surface area contributed by atoms with Gasteiger partial charge >= 0.3 is 5.97 Å². The number of thiophene rings is 1. The monoisotopic (exact) mass is 385 g/mol. The molecule has 0 saturated carbocycles. The molecule has 0 amide bonds. The van der Waals surface area contributed by atoms with Crippen molar-refractivity contribution in [3.63, 3.8) is 0 Å². The van der Waals surface area contributed by atoms with E-state index in [1.54, 1.807) is 12.1 Å². The molecule has 0 radical (unpaired) electrons. The number of Topliss-reactive ketones (excluding diaryl/α,β-unsaturated/α-hetero) is 1. The molecule has 0 fully saturated rings. The Hall–Kier alpha value is -2.10.